The van der Waals surface area contributed by atoms with Gasteiger partial charge in [0.1, 0.15) is 18.9 Å². The monoisotopic (exact) mass is 291 g/mol. The van der Waals surface area contributed by atoms with Crippen LogP contribution in [0.25, 0.3) is 0 Å². The Hall–Kier alpha value is -3.31. The summed E-state index contributed by atoms with van der Waals surface area (Å²) >= 11 is 0. The molecule has 0 atom stereocenters. The van der Waals surface area contributed by atoms with Crippen molar-refractivity contribution in [3.05, 3.63) is 65.2 Å². The number of amides is 1. The van der Waals surface area contributed by atoms with Crippen molar-refractivity contribution in [3.63, 3.8) is 0 Å². The first-order valence-corrected chi connectivity index (χ1v) is 6.60. The highest BCUT2D eigenvalue weighted by Gasteiger charge is 2.05. The number of ether oxygens (including phenoxy) is 1. The number of nitriles is 2. The Morgan fingerprint density at radius 2 is 1.82 bits per heavy atom. The molecule has 0 radical (unpaired) electrons. The molecular formula is C17H13N3O2. The van der Waals surface area contributed by atoms with E-state index in [1.165, 1.54) is 0 Å². The van der Waals surface area contributed by atoms with E-state index in [0.29, 0.717) is 16.9 Å². The van der Waals surface area contributed by atoms with Gasteiger partial charge in [-0.15, -0.1) is 0 Å². The molecule has 0 aromatic heterocycles. The highest BCUT2D eigenvalue weighted by Crippen LogP contribution is 2.16. The highest BCUT2D eigenvalue weighted by molar-refractivity contribution is 5.94. The predicted octanol–water partition coefficient (Wildman–Crippen LogP) is 2.39. The third-order valence-electron chi connectivity index (χ3n) is 2.98. The highest BCUT2D eigenvalue weighted by atomic mass is 16.5. The van der Waals surface area contributed by atoms with E-state index < -0.39 is 0 Å². The number of hydrogen-bond donors (Lipinski definition) is 1. The standard InChI is InChI=1S/C17H13N3O2/c18-9-10-20-17(21)13-5-7-16(8-6-13)22-12-15-4-2-1-3-14(15)11-19/h1-8H,10,12H2,(H,20,21). The molecule has 2 rings (SSSR count). The van der Waals surface area contributed by atoms with Crippen LogP contribution in [0.3, 0.4) is 0 Å². The van der Waals surface area contributed by atoms with Gasteiger partial charge in [0.2, 0.25) is 0 Å². The van der Waals surface area contributed by atoms with E-state index in [1.807, 2.05) is 18.2 Å². The van der Waals surface area contributed by atoms with E-state index in [9.17, 15) is 4.79 Å². The van der Waals surface area contributed by atoms with Crippen LogP contribution in [0.2, 0.25) is 0 Å². The van der Waals surface area contributed by atoms with Gasteiger partial charge in [-0.25, -0.2) is 0 Å². The van der Waals surface area contributed by atoms with Gasteiger partial charge in [0.25, 0.3) is 5.91 Å². The number of carbonyl (C=O) groups is 1. The smallest absolute Gasteiger partial charge is 0.252 e. The summed E-state index contributed by atoms with van der Waals surface area (Å²) in [4.78, 5) is 11.6. The quantitative estimate of drug-likeness (QED) is 0.857. The van der Waals surface area contributed by atoms with E-state index in [4.69, 9.17) is 15.3 Å². The van der Waals surface area contributed by atoms with Crippen molar-refractivity contribution >= 4 is 5.91 Å². The normalized spacial score (nSPS) is 9.36. The summed E-state index contributed by atoms with van der Waals surface area (Å²) in [6, 6.07) is 17.8. The minimum atomic E-state index is -0.303. The van der Waals surface area contributed by atoms with Crippen LogP contribution in [0.5, 0.6) is 5.75 Å². The topological polar surface area (TPSA) is 85.9 Å². The molecule has 0 aliphatic heterocycles. The molecule has 0 saturated heterocycles. The molecule has 0 aliphatic carbocycles. The molecule has 5 heteroatoms. The average Bonchev–Trinajstić information content (AvgIpc) is 2.58. The Morgan fingerprint density at radius 1 is 1.09 bits per heavy atom. The lowest BCUT2D eigenvalue weighted by atomic mass is 10.1. The van der Waals surface area contributed by atoms with Crippen molar-refractivity contribution < 1.29 is 9.53 Å². The van der Waals surface area contributed by atoms with Crippen molar-refractivity contribution in [1.82, 2.24) is 5.32 Å². The second kappa shape index (κ2) is 7.47. The average molecular weight is 291 g/mol. The van der Waals surface area contributed by atoms with Gasteiger partial charge in [0, 0.05) is 11.1 Å². The SMILES string of the molecule is N#CCNC(=O)c1ccc(OCc2ccccc2C#N)cc1. The lowest BCUT2D eigenvalue weighted by Gasteiger charge is -2.08. The molecule has 5 nitrogen and oxygen atoms in total. The Labute approximate surface area is 128 Å². The minimum Gasteiger partial charge on any atom is -0.489 e. The van der Waals surface area contributed by atoms with Crippen molar-refractivity contribution in [2.45, 2.75) is 6.61 Å². The van der Waals surface area contributed by atoms with Gasteiger partial charge in [0.15, 0.2) is 0 Å². The molecule has 108 valence electrons. The van der Waals surface area contributed by atoms with Gasteiger partial charge < -0.3 is 10.1 Å². The van der Waals surface area contributed by atoms with Crippen molar-refractivity contribution in [1.29, 1.82) is 10.5 Å². The molecule has 1 N–H and O–H groups in total. The Kier molecular flexibility index (Phi) is 5.12. The molecular weight excluding hydrogens is 278 g/mol. The molecule has 2 aromatic rings. The molecule has 0 unspecified atom stereocenters. The summed E-state index contributed by atoms with van der Waals surface area (Å²) in [5, 5.41) is 19.9. The number of nitrogens with one attached hydrogen (secondary N) is 1. The number of carbonyl (C=O) groups excluding carboxylic acids is 1. The number of nitrogens with zero attached hydrogens (tertiary/aromatic N) is 2. The Morgan fingerprint density at radius 3 is 2.50 bits per heavy atom. The van der Waals surface area contributed by atoms with E-state index in [2.05, 4.69) is 11.4 Å². The van der Waals surface area contributed by atoms with Crippen LogP contribution >= 0.6 is 0 Å². The largest absolute Gasteiger partial charge is 0.489 e. The first-order valence-electron chi connectivity index (χ1n) is 6.60. The van der Waals surface area contributed by atoms with E-state index in [0.717, 1.165) is 5.56 Å². The maximum atomic E-state index is 11.6. The third kappa shape index (κ3) is 3.84. The molecule has 22 heavy (non-hydrogen) atoms. The van der Waals surface area contributed by atoms with E-state index in [-0.39, 0.29) is 19.1 Å². The summed E-state index contributed by atoms with van der Waals surface area (Å²) < 4.78 is 5.62. The third-order valence-corrected chi connectivity index (χ3v) is 2.98. The van der Waals surface area contributed by atoms with Gasteiger partial charge >= 0.3 is 0 Å². The zero-order valence-electron chi connectivity index (χ0n) is 11.7. The Balaban J connectivity index is 1.99. The van der Waals surface area contributed by atoms with Gasteiger partial charge in [-0.1, -0.05) is 18.2 Å². The lowest BCUT2D eigenvalue weighted by Crippen LogP contribution is -2.23. The van der Waals surface area contributed by atoms with Crippen molar-refractivity contribution in [2.75, 3.05) is 6.54 Å². The van der Waals surface area contributed by atoms with E-state index in [1.54, 1.807) is 36.4 Å². The van der Waals surface area contributed by atoms with Gasteiger partial charge in [-0.2, -0.15) is 10.5 Å². The van der Waals surface area contributed by atoms with Gasteiger partial charge in [0.05, 0.1) is 17.7 Å². The number of hydrogen-bond acceptors (Lipinski definition) is 4. The first-order chi connectivity index (χ1) is 10.7. The zero-order valence-corrected chi connectivity index (χ0v) is 11.7. The lowest BCUT2D eigenvalue weighted by molar-refractivity contribution is 0.0958. The predicted molar refractivity (Wildman–Crippen MR) is 79.9 cm³/mol. The van der Waals surface area contributed by atoms with Crippen molar-refractivity contribution in [2.24, 2.45) is 0 Å². The fraction of sp³-hybridized carbons (Fsp3) is 0.118. The molecule has 0 aliphatic rings. The van der Waals surface area contributed by atoms with Crippen LogP contribution in [-0.4, -0.2) is 12.5 Å². The second-order valence-corrected chi connectivity index (χ2v) is 4.42. The van der Waals surface area contributed by atoms with Crippen LogP contribution in [0.1, 0.15) is 21.5 Å². The summed E-state index contributed by atoms with van der Waals surface area (Å²) in [6.45, 7) is 0.256. The molecule has 0 heterocycles. The molecule has 0 spiro atoms. The first kappa shape index (κ1) is 15.1. The van der Waals surface area contributed by atoms with Gasteiger partial charge in [-0.05, 0) is 30.3 Å². The Bertz CT molecular complexity index is 740. The zero-order chi connectivity index (χ0) is 15.8. The summed E-state index contributed by atoms with van der Waals surface area (Å²) in [5.41, 5.74) is 1.84. The molecule has 2 aromatic carbocycles. The van der Waals surface area contributed by atoms with Crippen LogP contribution in [0.4, 0.5) is 0 Å². The summed E-state index contributed by atoms with van der Waals surface area (Å²) in [6.07, 6.45) is 0. The van der Waals surface area contributed by atoms with Crippen LogP contribution in [-0.2, 0) is 6.61 Å². The fourth-order valence-electron chi connectivity index (χ4n) is 1.84. The number of rotatable bonds is 5. The van der Waals surface area contributed by atoms with Crippen molar-refractivity contribution in [3.8, 4) is 17.9 Å². The maximum Gasteiger partial charge on any atom is 0.252 e. The van der Waals surface area contributed by atoms with Crippen LogP contribution in [0, 0.1) is 22.7 Å². The van der Waals surface area contributed by atoms with Gasteiger partial charge in [-0.3, -0.25) is 4.79 Å². The molecule has 1 amide bonds. The number of benzene rings is 2. The van der Waals surface area contributed by atoms with Crippen LogP contribution in [0.15, 0.2) is 48.5 Å². The maximum absolute atomic E-state index is 11.6. The molecule has 0 saturated carbocycles. The van der Waals surface area contributed by atoms with Crippen LogP contribution < -0.4 is 10.1 Å². The second-order valence-electron chi connectivity index (χ2n) is 4.42. The summed E-state index contributed by atoms with van der Waals surface area (Å²) in [5.74, 6) is 0.299. The summed E-state index contributed by atoms with van der Waals surface area (Å²) in [7, 11) is 0. The molecule has 0 bridgehead atoms. The minimum absolute atomic E-state index is 0.0258. The fourth-order valence-corrected chi connectivity index (χ4v) is 1.84. The van der Waals surface area contributed by atoms with E-state index >= 15 is 0 Å². The molecule has 0 fully saturated rings.